The molecule has 0 bridgehead atoms. The molecule has 4 nitrogen and oxygen atoms in total. The molecule has 1 aliphatic heterocycles. The van der Waals surface area contributed by atoms with Gasteiger partial charge in [0.2, 0.25) is 5.78 Å². The van der Waals surface area contributed by atoms with Crippen molar-refractivity contribution in [1.29, 1.82) is 0 Å². The zero-order chi connectivity index (χ0) is 15.0. The second-order valence-corrected chi connectivity index (χ2v) is 5.42. The summed E-state index contributed by atoms with van der Waals surface area (Å²) in [6.07, 6.45) is 1.60. The third-order valence-corrected chi connectivity index (χ3v) is 3.58. The van der Waals surface area contributed by atoms with E-state index in [1.807, 2.05) is 0 Å². The molecule has 0 spiro atoms. The van der Waals surface area contributed by atoms with Gasteiger partial charge < -0.3 is 9.84 Å². The van der Waals surface area contributed by atoms with Crippen molar-refractivity contribution in [2.45, 2.75) is 0 Å². The minimum atomic E-state index is -0.986. The number of carbonyl (C=O) groups excluding carboxylic acids is 1. The van der Waals surface area contributed by atoms with E-state index in [9.17, 15) is 9.59 Å². The maximum absolute atomic E-state index is 12.2. The van der Waals surface area contributed by atoms with Crippen molar-refractivity contribution in [3.05, 3.63) is 69.4 Å². The van der Waals surface area contributed by atoms with Crippen LogP contribution >= 0.6 is 15.9 Å². The minimum absolute atomic E-state index is 0.186. The van der Waals surface area contributed by atoms with Gasteiger partial charge in [-0.25, -0.2) is 4.79 Å². The molecule has 5 heteroatoms. The molecule has 0 saturated heterocycles. The number of benzene rings is 2. The molecule has 0 saturated carbocycles. The molecule has 0 atom stereocenters. The highest BCUT2D eigenvalue weighted by atomic mass is 79.9. The summed E-state index contributed by atoms with van der Waals surface area (Å²) in [6.45, 7) is 0. The standard InChI is InChI=1S/C16H9BrO4/c17-11-5-6-13-12(8-11)15(18)14(21-13)7-9-1-3-10(4-2-9)16(19)20/h1-8H,(H,19,20)/b14-7-. The topological polar surface area (TPSA) is 63.6 Å². The first kappa shape index (κ1) is 13.6. The number of ether oxygens (including phenoxy) is 1. The number of carboxylic acid groups (broad SMARTS) is 1. The second-order valence-electron chi connectivity index (χ2n) is 4.51. The van der Waals surface area contributed by atoms with Crippen LogP contribution in [0, 0.1) is 0 Å². The molecular formula is C16H9BrO4. The van der Waals surface area contributed by atoms with Crippen molar-refractivity contribution in [3.63, 3.8) is 0 Å². The summed E-state index contributed by atoms with van der Waals surface area (Å²) in [6, 6.07) is 11.5. The van der Waals surface area contributed by atoms with Crippen LogP contribution in [-0.2, 0) is 0 Å². The average Bonchev–Trinajstić information content (AvgIpc) is 2.76. The lowest BCUT2D eigenvalue weighted by atomic mass is 10.1. The maximum atomic E-state index is 12.2. The van der Waals surface area contributed by atoms with Gasteiger partial charge in [0, 0.05) is 4.47 Å². The third kappa shape index (κ3) is 2.60. The van der Waals surface area contributed by atoms with Crippen LogP contribution in [0.15, 0.2) is 52.7 Å². The van der Waals surface area contributed by atoms with Crippen LogP contribution in [0.3, 0.4) is 0 Å². The van der Waals surface area contributed by atoms with Crippen LogP contribution in [0.1, 0.15) is 26.3 Å². The minimum Gasteiger partial charge on any atom is -0.478 e. The van der Waals surface area contributed by atoms with Crippen molar-refractivity contribution in [2.24, 2.45) is 0 Å². The van der Waals surface area contributed by atoms with Gasteiger partial charge in [-0.15, -0.1) is 0 Å². The Balaban J connectivity index is 1.92. The Morgan fingerprint density at radius 1 is 1.14 bits per heavy atom. The van der Waals surface area contributed by atoms with Crippen molar-refractivity contribution in [2.75, 3.05) is 0 Å². The largest absolute Gasteiger partial charge is 0.478 e. The van der Waals surface area contributed by atoms with Crippen LogP contribution in [0.4, 0.5) is 0 Å². The summed E-state index contributed by atoms with van der Waals surface area (Å²) < 4.78 is 6.34. The maximum Gasteiger partial charge on any atom is 0.335 e. The number of Topliss-reactive ketones (excluding diaryl/α,β-unsaturated/α-hetero) is 1. The molecular weight excluding hydrogens is 336 g/mol. The van der Waals surface area contributed by atoms with E-state index in [-0.39, 0.29) is 17.1 Å². The molecule has 104 valence electrons. The Morgan fingerprint density at radius 2 is 1.86 bits per heavy atom. The van der Waals surface area contributed by atoms with Gasteiger partial charge in [-0.1, -0.05) is 28.1 Å². The molecule has 2 aromatic carbocycles. The molecule has 1 N–H and O–H groups in total. The van der Waals surface area contributed by atoms with Gasteiger partial charge in [0.1, 0.15) is 5.75 Å². The van der Waals surface area contributed by atoms with Gasteiger partial charge in [-0.2, -0.15) is 0 Å². The lowest BCUT2D eigenvalue weighted by Crippen LogP contribution is -1.99. The fraction of sp³-hybridized carbons (Fsp3) is 0. The van der Waals surface area contributed by atoms with E-state index in [0.717, 1.165) is 4.47 Å². The molecule has 21 heavy (non-hydrogen) atoms. The van der Waals surface area contributed by atoms with Gasteiger partial charge in [-0.05, 0) is 42.0 Å². The van der Waals surface area contributed by atoms with Crippen molar-refractivity contribution < 1.29 is 19.4 Å². The van der Waals surface area contributed by atoms with Crippen LogP contribution in [0.25, 0.3) is 6.08 Å². The number of hydrogen-bond donors (Lipinski definition) is 1. The highest BCUT2D eigenvalue weighted by molar-refractivity contribution is 9.10. The number of fused-ring (bicyclic) bond motifs is 1. The van der Waals surface area contributed by atoms with Crippen molar-refractivity contribution in [1.82, 2.24) is 0 Å². The van der Waals surface area contributed by atoms with Crippen LogP contribution in [0.5, 0.6) is 5.75 Å². The number of carboxylic acids is 1. The van der Waals surface area contributed by atoms with Gasteiger partial charge >= 0.3 is 5.97 Å². The van der Waals surface area contributed by atoms with E-state index < -0.39 is 5.97 Å². The summed E-state index contributed by atoms with van der Waals surface area (Å²) in [7, 11) is 0. The second kappa shape index (κ2) is 5.18. The number of ketones is 1. The number of aromatic carboxylic acids is 1. The SMILES string of the molecule is O=C(O)c1ccc(/C=C2\Oc3ccc(Br)cc3C2=O)cc1. The van der Waals surface area contributed by atoms with Gasteiger partial charge in [0.05, 0.1) is 11.1 Å². The number of hydrogen-bond acceptors (Lipinski definition) is 3. The molecule has 0 amide bonds. The zero-order valence-corrected chi connectivity index (χ0v) is 12.3. The number of allylic oxidation sites excluding steroid dienone is 1. The molecule has 0 unspecified atom stereocenters. The first-order valence-electron chi connectivity index (χ1n) is 6.12. The van der Waals surface area contributed by atoms with E-state index >= 15 is 0 Å². The average molecular weight is 345 g/mol. The van der Waals surface area contributed by atoms with Crippen molar-refractivity contribution in [3.8, 4) is 5.75 Å². The number of carbonyl (C=O) groups is 2. The Kier molecular flexibility index (Phi) is 3.35. The summed E-state index contributed by atoms with van der Waals surface area (Å²) in [5.41, 5.74) is 1.41. The fourth-order valence-corrected chi connectivity index (χ4v) is 2.40. The summed E-state index contributed by atoms with van der Waals surface area (Å²) >= 11 is 3.32. The summed E-state index contributed by atoms with van der Waals surface area (Å²) in [5, 5.41) is 8.85. The Bertz CT molecular complexity index is 775. The molecule has 0 aromatic heterocycles. The van der Waals surface area contributed by atoms with Crippen molar-refractivity contribution >= 4 is 33.8 Å². The van der Waals surface area contributed by atoms with E-state index in [1.165, 1.54) is 12.1 Å². The molecule has 2 aromatic rings. The van der Waals surface area contributed by atoms with Crippen LogP contribution in [-0.4, -0.2) is 16.9 Å². The van der Waals surface area contributed by atoms with Gasteiger partial charge in [0.15, 0.2) is 5.76 Å². The summed E-state index contributed by atoms with van der Waals surface area (Å²) in [4.78, 5) is 23.0. The lowest BCUT2D eigenvalue weighted by molar-refractivity contribution is 0.0696. The lowest BCUT2D eigenvalue weighted by Gasteiger charge is -1.99. The highest BCUT2D eigenvalue weighted by Gasteiger charge is 2.27. The first-order valence-corrected chi connectivity index (χ1v) is 6.91. The van der Waals surface area contributed by atoms with E-state index in [4.69, 9.17) is 9.84 Å². The summed E-state index contributed by atoms with van der Waals surface area (Å²) in [5.74, 6) is -0.420. The first-order chi connectivity index (χ1) is 10.0. The van der Waals surface area contributed by atoms with Gasteiger partial charge in [0.25, 0.3) is 0 Å². The molecule has 0 aliphatic carbocycles. The molecule has 1 aliphatic rings. The van der Waals surface area contributed by atoms with E-state index in [0.29, 0.717) is 16.9 Å². The third-order valence-electron chi connectivity index (χ3n) is 3.09. The molecule has 3 rings (SSSR count). The van der Waals surface area contributed by atoms with Gasteiger partial charge in [-0.3, -0.25) is 4.79 Å². The van der Waals surface area contributed by atoms with E-state index in [1.54, 1.807) is 36.4 Å². The Labute approximate surface area is 128 Å². The quantitative estimate of drug-likeness (QED) is 0.842. The molecule has 1 heterocycles. The Hall–Kier alpha value is -2.40. The number of halogens is 1. The Morgan fingerprint density at radius 3 is 2.52 bits per heavy atom. The monoisotopic (exact) mass is 344 g/mol. The van der Waals surface area contributed by atoms with E-state index in [2.05, 4.69) is 15.9 Å². The highest BCUT2D eigenvalue weighted by Crippen LogP contribution is 2.33. The smallest absolute Gasteiger partial charge is 0.335 e. The fourth-order valence-electron chi connectivity index (χ4n) is 2.03. The van der Waals surface area contributed by atoms with Crippen LogP contribution in [0.2, 0.25) is 0 Å². The predicted molar refractivity (Wildman–Crippen MR) is 80.5 cm³/mol. The molecule has 0 fully saturated rings. The normalized spacial score (nSPS) is 14.9. The molecule has 0 radical (unpaired) electrons. The number of rotatable bonds is 2. The predicted octanol–water partition coefficient (Wildman–Crippen LogP) is 3.76. The zero-order valence-electron chi connectivity index (χ0n) is 10.7. The van der Waals surface area contributed by atoms with Crippen LogP contribution < -0.4 is 4.74 Å².